The van der Waals surface area contributed by atoms with E-state index in [1.807, 2.05) is 18.2 Å². The van der Waals surface area contributed by atoms with Crippen LogP contribution < -0.4 is 5.43 Å². The van der Waals surface area contributed by atoms with Crippen LogP contribution in [0, 0.1) is 0 Å². The molecule has 0 bridgehead atoms. The van der Waals surface area contributed by atoms with Gasteiger partial charge in [0, 0.05) is 17.0 Å². The number of carbonyl (C=O) groups is 1. The van der Waals surface area contributed by atoms with E-state index in [0.29, 0.717) is 11.4 Å². The minimum absolute atomic E-state index is 0.0418. The van der Waals surface area contributed by atoms with Gasteiger partial charge in [-0.2, -0.15) is 5.10 Å². The number of hydrogen-bond donors (Lipinski definition) is 1. The van der Waals surface area contributed by atoms with Gasteiger partial charge in [-0.15, -0.1) is 0 Å². The lowest BCUT2D eigenvalue weighted by molar-refractivity contribution is -0.121. The third kappa shape index (κ3) is 6.97. The van der Waals surface area contributed by atoms with Crippen molar-refractivity contribution in [3.63, 3.8) is 0 Å². The Bertz CT molecular complexity index is 418. The number of carbonyl (C=O) groups excluding carboxylic acids is 1. The van der Waals surface area contributed by atoms with E-state index in [9.17, 15) is 4.79 Å². The van der Waals surface area contributed by atoms with Gasteiger partial charge in [-0.1, -0.05) is 62.4 Å². The second kappa shape index (κ2) is 9.56. The van der Waals surface area contributed by atoms with Crippen molar-refractivity contribution in [1.82, 2.24) is 5.43 Å². The summed E-state index contributed by atoms with van der Waals surface area (Å²) in [6.07, 6.45) is 7.79. The van der Waals surface area contributed by atoms with Crippen LogP contribution in [-0.4, -0.2) is 12.1 Å². The van der Waals surface area contributed by atoms with Crippen LogP contribution in [0.3, 0.4) is 0 Å². The molecule has 0 atom stereocenters. The lowest BCUT2D eigenvalue weighted by Gasteiger charge is -2.00. The van der Waals surface area contributed by atoms with Crippen molar-refractivity contribution in [2.24, 2.45) is 5.10 Å². The highest BCUT2D eigenvalue weighted by Crippen LogP contribution is 2.12. The van der Waals surface area contributed by atoms with E-state index in [-0.39, 0.29) is 5.91 Å². The number of nitrogens with zero attached hydrogens (tertiary/aromatic N) is 1. The normalized spacial score (nSPS) is 10.8. The van der Waals surface area contributed by atoms with Gasteiger partial charge in [0.1, 0.15) is 0 Å². The number of amides is 1. The first-order valence-electron chi connectivity index (χ1n) is 6.80. The summed E-state index contributed by atoms with van der Waals surface area (Å²) in [5, 5.41) is 4.53. The summed E-state index contributed by atoms with van der Waals surface area (Å²) in [6.45, 7) is 2.18. The van der Waals surface area contributed by atoms with Crippen LogP contribution in [0.15, 0.2) is 29.4 Å². The van der Waals surface area contributed by atoms with Gasteiger partial charge in [0.15, 0.2) is 0 Å². The molecule has 0 aromatic heterocycles. The molecule has 1 amide bonds. The zero-order valence-corrected chi connectivity index (χ0v) is 12.1. The van der Waals surface area contributed by atoms with E-state index < -0.39 is 0 Å². The Labute approximate surface area is 120 Å². The summed E-state index contributed by atoms with van der Waals surface area (Å²) in [6, 6.07) is 7.37. The largest absolute Gasteiger partial charge is 0.273 e. The van der Waals surface area contributed by atoms with Crippen LogP contribution in [0.4, 0.5) is 0 Å². The molecule has 0 aliphatic rings. The maximum Gasteiger partial charge on any atom is 0.240 e. The molecule has 0 unspecified atom stereocenters. The molecule has 4 heteroatoms. The highest BCUT2D eigenvalue weighted by Gasteiger charge is 1.99. The molecular formula is C15H21ClN2O. The van der Waals surface area contributed by atoms with Crippen molar-refractivity contribution < 1.29 is 4.79 Å². The first-order chi connectivity index (χ1) is 9.24. The lowest BCUT2D eigenvalue weighted by Crippen LogP contribution is -2.16. The smallest absolute Gasteiger partial charge is 0.240 e. The predicted molar refractivity (Wildman–Crippen MR) is 80.6 cm³/mol. The Morgan fingerprint density at radius 1 is 1.26 bits per heavy atom. The van der Waals surface area contributed by atoms with E-state index in [1.54, 1.807) is 12.3 Å². The summed E-state index contributed by atoms with van der Waals surface area (Å²) in [7, 11) is 0. The molecule has 1 aromatic rings. The second-order valence-corrected chi connectivity index (χ2v) is 4.89. The van der Waals surface area contributed by atoms with Gasteiger partial charge in [0.25, 0.3) is 0 Å². The zero-order valence-electron chi connectivity index (χ0n) is 11.4. The third-order valence-electron chi connectivity index (χ3n) is 2.81. The molecule has 0 saturated carbocycles. The van der Waals surface area contributed by atoms with E-state index >= 15 is 0 Å². The summed E-state index contributed by atoms with van der Waals surface area (Å²) in [4.78, 5) is 11.5. The van der Waals surface area contributed by atoms with Crippen LogP contribution in [0.1, 0.15) is 51.0 Å². The monoisotopic (exact) mass is 280 g/mol. The summed E-state index contributed by atoms with van der Waals surface area (Å²) < 4.78 is 0. The SMILES string of the molecule is CCCCCCCC(=O)N/N=C\c1ccccc1Cl. The molecule has 0 heterocycles. The highest BCUT2D eigenvalue weighted by atomic mass is 35.5. The molecule has 0 saturated heterocycles. The van der Waals surface area contributed by atoms with E-state index in [2.05, 4.69) is 17.5 Å². The Kier molecular flexibility index (Phi) is 7.91. The van der Waals surface area contributed by atoms with Crippen LogP contribution in [0.2, 0.25) is 5.02 Å². The topological polar surface area (TPSA) is 41.5 Å². The molecular weight excluding hydrogens is 260 g/mol. The minimum Gasteiger partial charge on any atom is -0.273 e. The fourth-order valence-corrected chi connectivity index (χ4v) is 1.88. The molecule has 1 N–H and O–H groups in total. The Morgan fingerprint density at radius 3 is 2.74 bits per heavy atom. The lowest BCUT2D eigenvalue weighted by atomic mass is 10.1. The number of benzene rings is 1. The van der Waals surface area contributed by atoms with Gasteiger partial charge in [-0.3, -0.25) is 4.79 Å². The quantitative estimate of drug-likeness (QED) is 0.434. The summed E-state index contributed by atoms with van der Waals surface area (Å²) in [5.74, 6) is -0.0418. The second-order valence-electron chi connectivity index (χ2n) is 4.48. The first kappa shape index (κ1) is 15.7. The van der Waals surface area contributed by atoms with Crippen LogP contribution >= 0.6 is 11.6 Å². The molecule has 0 aliphatic carbocycles. The molecule has 104 valence electrons. The van der Waals surface area contributed by atoms with Gasteiger partial charge in [0.05, 0.1) is 6.21 Å². The molecule has 0 aliphatic heterocycles. The molecule has 1 rings (SSSR count). The van der Waals surface area contributed by atoms with Gasteiger partial charge in [-0.05, 0) is 12.5 Å². The van der Waals surface area contributed by atoms with Crippen LogP contribution in [0.25, 0.3) is 0 Å². The number of halogens is 1. The van der Waals surface area contributed by atoms with Crippen molar-refractivity contribution >= 4 is 23.7 Å². The third-order valence-corrected chi connectivity index (χ3v) is 3.15. The van der Waals surface area contributed by atoms with Crippen molar-refractivity contribution in [1.29, 1.82) is 0 Å². The number of unbranched alkanes of at least 4 members (excludes halogenated alkanes) is 4. The fourth-order valence-electron chi connectivity index (χ4n) is 1.70. The molecule has 0 radical (unpaired) electrons. The van der Waals surface area contributed by atoms with Crippen LogP contribution in [-0.2, 0) is 4.79 Å². The van der Waals surface area contributed by atoms with Crippen molar-refractivity contribution in [2.75, 3.05) is 0 Å². The van der Waals surface area contributed by atoms with Crippen molar-refractivity contribution in [2.45, 2.75) is 45.4 Å². The van der Waals surface area contributed by atoms with E-state index in [0.717, 1.165) is 18.4 Å². The number of hydrogen-bond acceptors (Lipinski definition) is 2. The predicted octanol–water partition coefficient (Wildman–Crippen LogP) is 4.15. The summed E-state index contributed by atoms with van der Waals surface area (Å²) >= 11 is 5.97. The average Bonchev–Trinajstić information content (AvgIpc) is 2.41. The maximum atomic E-state index is 11.5. The Morgan fingerprint density at radius 2 is 2.00 bits per heavy atom. The molecule has 0 fully saturated rings. The van der Waals surface area contributed by atoms with E-state index in [1.165, 1.54) is 19.3 Å². The Balaban J connectivity index is 2.21. The summed E-state index contributed by atoms with van der Waals surface area (Å²) in [5.41, 5.74) is 3.32. The standard InChI is InChI=1S/C15H21ClN2O/c1-2-3-4-5-6-11-15(19)18-17-12-13-9-7-8-10-14(13)16/h7-10,12H,2-6,11H2,1H3,(H,18,19)/b17-12-. The Hall–Kier alpha value is -1.35. The van der Waals surface area contributed by atoms with Gasteiger partial charge < -0.3 is 0 Å². The van der Waals surface area contributed by atoms with E-state index in [4.69, 9.17) is 11.6 Å². The average molecular weight is 281 g/mol. The van der Waals surface area contributed by atoms with Crippen molar-refractivity contribution in [3.8, 4) is 0 Å². The van der Waals surface area contributed by atoms with Gasteiger partial charge in [0.2, 0.25) is 5.91 Å². The zero-order chi connectivity index (χ0) is 13.9. The minimum atomic E-state index is -0.0418. The van der Waals surface area contributed by atoms with Gasteiger partial charge in [-0.25, -0.2) is 5.43 Å². The molecule has 3 nitrogen and oxygen atoms in total. The fraction of sp³-hybridized carbons (Fsp3) is 0.467. The van der Waals surface area contributed by atoms with Gasteiger partial charge >= 0.3 is 0 Å². The van der Waals surface area contributed by atoms with Crippen molar-refractivity contribution in [3.05, 3.63) is 34.9 Å². The number of nitrogens with one attached hydrogen (secondary N) is 1. The number of rotatable bonds is 8. The first-order valence-corrected chi connectivity index (χ1v) is 7.18. The number of hydrazone groups is 1. The molecule has 19 heavy (non-hydrogen) atoms. The highest BCUT2D eigenvalue weighted by molar-refractivity contribution is 6.33. The van der Waals surface area contributed by atoms with Crippen LogP contribution in [0.5, 0.6) is 0 Å². The molecule has 1 aromatic carbocycles. The molecule has 0 spiro atoms. The maximum absolute atomic E-state index is 11.5.